The summed E-state index contributed by atoms with van der Waals surface area (Å²) in [6, 6.07) is 0. The second-order valence-corrected chi connectivity index (χ2v) is 6.81. The first-order chi connectivity index (χ1) is 7.42. The first-order valence-electron chi connectivity index (χ1n) is 5.34. The van der Waals surface area contributed by atoms with Crippen LogP contribution >= 0.6 is 11.6 Å². The van der Waals surface area contributed by atoms with Crippen molar-refractivity contribution < 1.29 is 8.42 Å². The van der Waals surface area contributed by atoms with Gasteiger partial charge in [0, 0.05) is 18.6 Å². The van der Waals surface area contributed by atoms with Crippen molar-refractivity contribution in [1.82, 2.24) is 4.31 Å². The van der Waals surface area contributed by atoms with E-state index in [1.807, 2.05) is 0 Å². The predicted octanol–water partition coefficient (Wildman–Crippen LogP) is 2.36. The van der Waals surface area contributed by atoms with Crippen molar-refractivity contribution in [1.29, 1.82) is 0 Å². The Balaban J connectivity index is 2.53. The summed E-state index contributed by atoms with van der Waals surface area (Å²) in [6.45, 7) is 3.98. The van der Waals surface area contributed by atoms with Crippen molar-refractivity contribution in [3.05, 3.63) is 23.8 Å². The fraction of sp³-hybridized carbons (Fsp3) is 0.636. The number of sulfonamides is 1. The van der Waals surface area contributed by atoms with Crippen LogP contribution in [0.1, 0.15) is 19.3 Å². The smallest absolute Gasteiger partial charge is 0.212 e. The molecule has 0 heterocycles. The van der Waals surface area contributed by atoms with Gasteiger partial charge in [-0.2, -0.15) is 0 Å². The molecule has 5 heteroatoms. The molecule has 0 unspecified atom stereocenters. The van der Waals surface area contributed by atoms with E-state index in [0.717, 1.165) is 19.3 Å². The Morgan fingerprint density at radius 3 is 2.75 bits per heavy atom. The van der Waals surface area contributed by atoms with Gasteiger partial charge in [-0.1, -0.05) is 30.3 Å². The average Bonchev–Trinajstić information content (AvgIpc) is 2.17. The molecule has 0 aromatic carbocycles. The summed E-state index contributed by atoms with van der Waals surface area (Å²) in [7, 11) is -1.68. The van der Waals surface area contributed by atoms with Crippen molar-refractivity contribution in [2.45, 2.75) is 19.3 Å². The Labute approximate surface area is 103 Å². The van der Waals surface area contributed by atoms with Gasteiger partial charge >= 0.3 is 0 Å². The van der Waals surface area contributed by atoms with Gasteiger partial charge in [-0.25, -0.2) is 12.7 Å². The van der Waals surface area contributed by atoms with Gasteiger partial charge in [0.1, 0.15) is 0 Å². The van der Waals surface area contributed by atoms with Crippen LogP contribution in [0.25, 0.3) is 0 Å². The molecule has 0 N–H and O–H groups in total. The quantitative estimate of drug-likeness (QED) is 0.714. The minimum absolute atomic E-state index is 0.162. The largest absolute Gasteiger partial charge is 0.218 e. The lowest BCUT2D eigenvalue weighted by atomic mass is 9.95. The monoisotopic (exact) mass is 263 g/mol. The van der Waals surface area contributed by atoms with Crippen molar-refractivity contribution in [2.75, 3.05) is 19.3 Å². The van der Waals surface area contributed by atoms with Crippen molar-refractivity contribution in [3.8, 4) is 0 Å². The predicted molar refractivity (Wildman–Crippen MR) is 67.9 cm³/mol. The number of halogens is 1. The molecule has 0 radical (unpaired) electrons. The highest BCUT2D eigenvalue weighted by molar-refractivity contribution is 7.89. The Kier molecular flexibility index (Phi) is 5.02. The first-order valence-corrected chi connectivity index (χ1v) is 7.33. The summed E-state index contributed by atoms with van der Waals surface area (Å²) >= 11 is 5.54. The summed E-state index contributed by atoms with van der Waals surface area (Å²) in [5, 5.41) is 0.162. The van der Waals surface area contributed by atoms with Crippen LogP contribution in [-0.4, -0.2) is 32.1 Å². The van der Waals surface area contributed by atoms with E-state index in [0.29, 0.717) is 12.5 Å². The van der Waals surface area contributed by atoms with Gasteiger partial charge in [-0.15, -0.1) is 0 Å². The van der Waals surface area contributed by atoms with Gasteiger partial charge in [0.05, 0.1) is 5.75 Å². The van der Waals surface area contributed by atoms with E-state index in [1.54, 1.807) is 7.05 Å². The third kappa shape index (κ3) is 4.28. The molecule has 1 rings (SSSR count). The minimum atomic E-state index is -3.28. The van der Waals surface area contributed by atoms with Crippen LogP contribution in [-0.2, 0) is 10.0 Å². The van der Waals surface area contributed by atoms with E-state index in [4.69, 9.17) is 11.6 Å². The zero-order valence-electron chi connectivity index (χ0n) is 9.52. The summed E-state index contributed by atoms with van der Waals surface area (Å²) in [4.78, 5) is 0. The van der Waals surface area contributed by atoms with Crippen LogP contribution < -0.4 is 0 Å². The first kappa shape index (κ1) is 13.7. The molecule has 0 bridgehead atoms. The highest BCUT2D eigenvalue weighted by atomic mass is 35.5. The number of allylic oxidation sites excluding steroid dienone is 2. The molecule has 1 aliphatic rings. The van der Waals surface area contributed by atoms with Gasteiger partial charge in [0.15, 0.2) is 0 Å². The van der Waals surface area contributed by atoms with E-state index in [-0.39, 0.29) is 10.8 Å². The zero-order valence-corrected chi connectivity index (χ0v) is 11.1. The Hall–Kier alpha value is -0.320. The lowest BCUT2D eigenvalue weighted by Crippen LogP contribution is -2.34. The highest BCUT2D eigenvalue weighted by Crippen LogP contribution is 2.20. The third-order valence-electron chi connectivity index (χ3n) is 2.71. The average molecular weight is 264 g/mol. The van der Waals surface area contributed by atoms with E-state index >= 15 is 0 Å². The fourth-order valence-corrected chi connectivity index (χ4v) is 3.28. The molecule has 0 amide bonds. The van der Waals surface area contributed by atoms with Gasteiger partial charge in [0.25, 0.3) is 0 Å². The molecule has 0 saturated heterocycles. The number of hydrogen-bond acceptors (Lipinski definition) is 2. The molecule has 0 aromatic rings. The normalized spacial score (nSPS) is 21.3. The van der Waals surface area contributed by atoms with Crippen LogP contribution in [0.15, 0.2) is 23.8 Å². The van der Waals surface area contributed by atoms with Gasteiger partial charge in [0.2, 0.25) is 10.0 Å². The maximum atomic E-state index is 11.8. The topological polar surface area (TPSA) is 37.4 Å². The summed E-state index contributed by atoms with van der Waals surface area (Å²) in [6.07, 6.45) is 7.32. The molecule has 16 heavy (non-hydrogen) atoms. The molecular formula is C11H18ClNO2S. The van der Waals surface area contributed by atoms with Gasteiger partial charge in [-0.3, -0.25) is 0 Å². The number of rotatable bonds is 5. The van der Waals surface area contributed by atoms with Crippen molar-refractivity contribution in [2.24, 2.45) is 5.92 Å². The second-order valence-electron chi connectivity index (χ2n) is 4.20. The number of nitrogens with zero attached hydrogens (tertiary/aromatic N) is 1. The molecular weight excluding hydrogens is 246 g/mol. The summed E-state index contributed by atoms with van der Waals surface area (Å²) in [5.74, 6) is 0.251. The molecule has 92 valence electrons. The Morgan fingerprint density at radius 2 is 2.25 bits per heavy atom. The van der Waals surface area contributed by atoms with E-state index < -0.39 is 10.0 Å². The van der Waals surface area contributed by atoms with Crippen molar-refractivity contribution in [3.63, 3.8) is 0 Å². The second kappa shape index (κ2) is 5.84. The third-order valence-corrected chi connectivity index (χ3v) is 4.81. The van der Waals surface area contributed by atoms with Crippen LogP contribution in [0.2, 0.25) is 0 Å². The van der Waals surface area contributed by atoms with E-state index in [2.05, 4.69) is 18.7 Å². The number of hydrogen-bond donors (Lipinski definition) is 0. The standard InChI is InChI=1S/C11H18ClNO2S/c1-10(12)9-16(14,15)13(2)8-11-6-4-3-5-7-11/h3-4,11H,1,5-9H2,2H3/t11-/m0/s1. The van der Waals surface area contributed by atoms with Crippen LogP contribution in [0, 0.1) is 5.92 Å². The van der Waals surface area contributed by atoms with Gasteiger partial charge in [-0.05, 0) is 25.2 Å². The molecule has 0 spiro atoms. The maximum Gasteiger partial charge on any atom is 0.218 e. The summed E-state index contributed by atoms with van der Waals surface area (Å²) < 4.78 is 24.9. The SMILES string of the molecule is C=C(Cl)CS(=O)(=O)N(C)C[C@H]1CC=CCC1. The zero-order chi connectivity index (χ0) is 12.2. The molecule has 3 nitrogen and oxygen atoms in total. The lowest BCUT2D eigenvalue weighted by molar-refractivity contribution is 0.363. The van der Waals surface area contributed by atoms with E-state index in [1.165, 1.54) is 4.31 Å². The molecule has 0 aliphatic heterocycles. The molecule has 0 fully saturated rings. The molecule has 1 atom stereocenters. The highest BCUT2D eigenvalue weighted by Gasteiger charge is 2.22. The Bertz CT molecular complexity index is 375. The van der Waals surface area contributed by atoms with Crippen molar-refractivity contribution >= 4 is 21.6 Å². The van der Waals surface area contributed by atoms with E-state index in [9.17, 15) is 8.42 Å². The molecule has 1 aliphatic carbocycles. The van der Waals surface area contributed by atoms with Crippen LogP contribution in [0.4, 0.5) is 0 Å². The Morgan fingerprint density at radius 1 is 1.56 bits per heavy atom. The lowest BCUT2D eigenvalue weighted by Gasteiger charge is -2.24. The molecule has 0 aromatic heterocycles. The van der Waals surface area contributed by atoms with Gasteiger partial charge < -0.3 is 0 Å². The van der Waals surface area contributed by atoms with Crippen LogP contribution in [0.5, 0.6) is 0 Å². The molecule has 0 saturated carbocycles. The minimum Gasteiger partial charge on any atom is -0.212 e. The summed E-state index contributed by atoms with van der Waals surface area (Å²) in [5.41, 5.74) is 0. The van der Waals surface area contributed by atoms with Crippen LogP contribution in [0.3, 0.4) is 0 Å². The maximum absolute atomic E-state index is 11.8. The fourth-order valence-electron chi connectivity index (χ4n) is 1.81.